The molecule has 3 N–H and O–H groups in total. The summed E-state index contributed by atoms with van der Waals surface area (Å²) in [6.45, 7) is -0.0489. The molecule has 0 heterocycles. The Morgan fingerprint density at radius 2 is 2.17 bits per heavy atom. The van der Waals surface area contributed by atoms with E-state index in [0.29, 0.717) is 19.3 Å². The lowest BCUT2D eigenvalue weighted by atomic mass is 9.96. The van der Waals surface area contributed by atoms with Crippen molar-refractivity contribution in [3.8, 4) is 0 Å². The standard InChI is InChI=1S/C11H20F3N3O/c1-16-10(9(15)18)4-3-8(7-10)17(2)6-5-11(12,13)14/h8,16H,3-7H2,1-2H3,(H2,15,18). The van der Waals surface area contributed by atoms with Crippen molar-refractivity contribution in [2.24, 2.45) is 5.73 Å². The number of nitrogens with one attached hydrogen (secondary N) is 1. The molecule has 1 saturated carbocycles. The zero-order valence-electron chi connectivity index (χ0n) is 10.7. The van der Waals surface area contributed by atoms with Gasteiger partial charge in [-0.2, -0.15) is 13.2 Å². The minimum absolute atomic E-state index is 0.0349. The number of alkyl halides is 3. The summed E-state index contributed by atoms with van der Waals surface area (Å²) < 4.78 is 36.4. The molecule has 1 aliphatic carbocycles. The van der Waals surface area contributed by atoms with Gasteiger partial charge in [-0.25, -0.2) is 0 Å². The molecule has 0 aromatic rings. The molecule has 0 spiro atoms. The van der Waals surface area contributed by atoms with Gasteiger partial charge in [0.25, 0.3) is 0 Å². The minimum Gasteiger partial charge on any atom is -0.368 e. The van der Waals surface area contributed by atoms with E-state index in [0.717, 1.165) is 0 Å². The van der Waals surface area contributed by atoms with Gasteiger partial charge in [-0.1, -0.05) is 0 Å². The first-order valence-corrected chi connectivity index (χ1v) is 5.96. The lowest BCUT2D eigenvalue weighted by Gasteiger charge is -2.28. The van der Waals surface area contributed by atoms with Crippen LogP contribution in [0.1, 0.15) is 25.7 Å². The highest BCUT2D eigenvalue weighted by Crippen LogP contribution is 2.33. The lowest BCUT2D eigenvalue weighted by molar-refractivity contribution is -0.138. The smallest absolute Gasteiger partial charge is 0.368 e. The first-order valence-electron chi connectivity index (χ1n) is 5.96. The van der Waals surface area contributed by atoms with Crippen LogP contribution < -0.4 is 11.1 Å². The fraction of sp³-hybridized carbons (Fsp3) is 0.909. The largest absolute Gasteiger partial charge is 0.390 e. The molecule has 4 nitrogen and oxygen atoms in total. The summed E-state index contributed by atoms with van der Waals surface area (Å²) in [5.41, 5.74) is 4.58. The van der Waals surface area contributed by atoms with Crippen molar-refractivity contribution in [2.75, 3.05) is 20.6 Å². The molecule has 1 fully saturated rings. The molecule has 106 valence electrons. The molecule has 0 aromatic carbocycles. The lowest BCUT2D eigenvalue weighted by Crippen LogP contribution is -2.53. The summed E-state index contributed by atoms with van der Waals surface area (Å²) in [7, 11) is 3.31. The minimum atomic E-state index is -4.14. The molecule has 0 bridgehead atoms. The number of nitrogens with two attached hydrogens (primary N) is 1. The van der Waals surface area contributed by atoms with E-state index in [4.69, 9.17) is 5.73 Å². The molecule has 7 heteroatoms. The number of likely N-dealkylation sites (N-methyl/N-ethyl adjacent to an activating group) is 1. The van der Waals surface area contributed by atoms with Crippen LogP contribution in [-0.4, -0.2) is 49.2 Å². The van der Waals surface area contributed by atoms with E-state index in [1.54, 1.807) is 19.0 Å². The second kappa shape index (κ2) is 5.44. The van der Waals surface area contributed by atoms with Gasteiger partial charge in [-0.15, -0.1) is 0 Å². The fourth-order valence-corrected chi connectivity index (χ4v) is 2.46. The van der Waals surface area contributed by atoms with E-state index >= 15 is 0 Å². The van der Waals surface area contributed by atoms with Gasteiger partial charge < -0.3 is 16.0 Å². The van der Waals surface area contributed by atoms with Crippen molar-refractivity contribution in [1.29, 1.82) is 0 Å². The predicted octanol–water partition coefficient (Wildman–Crippen LogP) is 0.867. The highest BCUT2D eigenvalue weighted by atomic mass is 19.4. The van der Waals surface area contributed by atoms with Gasteiger partial charge in [0.2, 0.25) is 5.91 Å². The van der Waals surface area contributed by atoms with Crippen molar-refractivity contribution >= 4 is 5.91 Å². The van der Waals surface area contributed by atoms with Crippen LogP contribution in [0.5, 0.6) is 0 Å². The molecule has 2 atom stereocenters. The summed E-state index contributed by atoms with van der Waals surface area (Å²) in [6.07, 6.45) is -3.26. The number of hydrogen-bond donors (Lipinski definition) is 2. The van der Waals surface area contributed by atoms with Gasteiger partial charge in [0.15, 0.2) is 0 Å². The number of halogens is 3. The topological polar surface area (TPSA) is 58.4 Å². The van der Waals surface area contributed by atoms with Gasteiger partial charge in [0.1, 0.15) is 0 Å². The molecule has 0 aromatic heterocycles. The van der Waals surface area contributed by atoms with Crippen LogP contribution in [0.3, 0.4) is 0 Å². The van der Waals surface area contributed by atoms with E-state index in [1.165, 1.54) is 0 Å². The Bertz CT molecular complexity index is 308. The zero-order chi connectivity index (χ0) is 14.0. The van der Waals surface area contributed by atoms with Gasteiger partial charge >= 0.3 is 6.18 Å². The predicted molar refractivity (Wildman–Crippen MR) is 61.9 cm³/mol. The van der Waals surface area contributed by atoms with Gasteiger partial charge in [0.05, 0.1) is 12.0 Å². The molecule has 18 heavy (non-hydrogen) atoms. The van der Waals surface area contributed by atoms with Gasteiger partial charge in [0, 0.05) is 12.6 Å². The number of carbonyl (C=O) groups excluding carboxylic acids is 1. The highest BCUT2D eigenvalue weighted by Gasteiger charge is 2.44. The number of primary amides is 1. The summed E-state index contributed by atoms with van der Waals surface area (Å²) in [4.78, 5) is 13.1. The molecule has 1 aliphatic rings. The zero-order valence-corrected chi connectivity index (χ0v) is 10.7. The monoisotopic (exact) mass is 267 g/mol. The Morgan fingerprint density at radius 1 is 1.56 bits per heavy atom. The Morgan fingerprint density at radius 3 is 2.56 bits per heavy atom. The van der Waals surface area contributed by atoms with E-state index in [2.05, 4.69) is 5.32 Å². The first kappa shape index (κ1) is 15.2. The van der Waals surface area contributed by atoms with Gasteiger partial charge in [-0.3, -0.25) is 4.79 Å². The number of rotatable bonds is 5. The summed E-state index contributed by atoms with van der Waals surface area (Å²) in [5.74, 6) is -0.434. The maximum absolute atomic E-state index is 12.1. The average molecular weight is 267 g/mol. The summed E-state index contributed by atoms with van der Waals surface area (Å²) in [5, 5.41) is 2.91. The van der Waals surface area contributed by atoms with Gasteiger partial charge in [-0.05, 0) is 33.4 Å². The molecule has 1 rings (SSSR count). The quantitative estimate of drug-likeness (QED) is 0.777. The van der Waals surface area contributed by atoms with Crippen LogP contribution in [0.15, 0.2) is 0 Å². The molecule has 0 radical (unpaired) electrons. The SMILES string of the molecule is CNC1(C(N)=O)CCC(N(C)CCC(F)(F)F)C1. The molecular formula is C11H20F3N3O. The Balaban J connectivity index is 2.53. The van der Waals surface area contributed by atoms with Crippen molar-refractivity contribution in [3.05, 3.63) is 0 Å². The fourth-order valence-electron chi connectivity index (χ4n) is 2.46. The molecule has 1 amide bonds. The van der Waals surface area contributed by atoms with Crippen LogP contribution >= 0.6 is 0 Å². The van der Waals surface area contributed by atoms with Crippen LogP contribution in [0.4, 0.5) is 13.2 Å². The van der Waals surface area contributed by atoms with E-state index in [9.17, 15) is 18.0 Å². The molecule has 0 saturated heterocycles. The first-order chi connectivity index (χ1) is 8.20. The van der Waals surface area contributed by atoms with E-state index in [1.807, 2.05) is 0 Å². The second-order valence-electron chi connectivity index (χ2n) is 4.94. The average Bonchev–Trinajstić information content (AvgIpc) is 2.70. The third-order valence-corrected chi connectivity index (χ3v) is 3.81. The molecule has 0 aliphatic heterocycles. The number of amides is 1. The van der Waals surface area contributed by atoms with Crippen LogP contribution in [0.2, 0.25) is 0 Å². The summed E-state index contributed by atoms with van der Waals surface area (Å²) >= 11 is 0. The number of hydrogen-bond acceptors (Lipinski definition) is 3. The second-order valence-corrected chi connectivity index (χ2v) is 4.94. The number of nitrogens with zero attached hydrogens (tertiary/aromatic N) is 1. The normalized spacial score (nSPS) is 28.9. The third kappa shape index (κ3) is 3.58. The maximum atomic E-state index is 12.1. The van der Waals surface area contributed by atoms with Crippen LogP contribution in [-0.2, 0) is 4.79 Å². The Kier molecular flexibility index (Phi) is 4.61. The Labute approximate surface area is 105 Å². The molecular weight excluding hydrogens is 247 g/mol. The maximum Gasteiger partial charge on any atom is 0.390 e. The van der Waals surface area contributed by atoms with E-state index in [-0.39, 0.29) is 12.6 Å². The van der Waals surface area contributed by atoms with Crippen LogP contribution in [0.25, 0.3) is 0 Å². The van der Waals surface area contributed by atoms with E-state index < -0.39 is 24.0 Å². The number of carbonyl (C=O) groups is 1. The Hall–Kier alpha value is -0.820. The van der Waals surface area contributed by atoms with Crippen molar-refractivity contribution in [2.45, 2.75) is 43.4 Å². The van der Waals surface area contributed by atoms with Crippen molar-refractivity contribution in [1.82, 2.24) is 10.2 Å². The highest BCUT2D eigenvalue weighted by molar-refractivity contribution is 5.85. The van der Waals surface area contributed by atoms with Crippen molar-refractivity contribution in [3.63, 3.8) is 0 Å². The summed E-state index contributed by atoms with van der Waals surface area (Å²) in [6, 6.07) is -0.0349. The third-order valence-electron chi connectivity index (χ3n) is 3.81. The van der Waals surface area contributed by atoms with Crippen molar-refractivity contribution < 1.29 is 18.0 Å². The molecule has 2 unspecified atom stereocenters. The van der Waals surface area contributed by atoms with Crippen LogP contribution in [0, 0.1) is 0 Å².